The number of rotatable bonds is 5. The molecule has 0 amide bonds. The highest BCUT2D eigenvalue weighted by atomic mass is 16.5. The van der Waals surface area contributed by atoms with Crippen LogP contribution >= 0.6 is 0 Å². The summed E-state index contributed by atoms with van der Waals surface area (Å²) in [5, 5.41) is 11.6. The van der Waals surface area contributed by atoms with Crippen LogP contribution in [0.2, 0.25) is 0 Å². The van der Waals surface area contributed by atoms with Gasteiger partial charge in [0.25, 0.3) is 5.78 Å². The second kappa shape index (κ2) is 5.72. The number of hydrogen-bond acceptors (Lipinski definition) is 7. The summed E-state index contributed by atoms with van der Waals surface area (Å²) in [7, 11) is 1.63. The van der Waals surface area contributed by atoms with E-state index in [2.05, 4.69) is 25.5 Å². The molecule has 0 aliphatic carbocycles. The number of fused-ring (bicyclic) bond motifs is 1. The van der Waals surface area contributed by atoms with E-state index in [0.717, 1.165) is 28.5 Å². The van der Waals surface area contributed by atoms with Gasteiger partial charge in [0.05, 0.1) is 24.0 Å². The van der Waals surface area contributed by atoms with Gasteiger partial charge in [-0.25, -0.2) is 4.98 Å². The standard InChI is InChI=1S/C14H18N6O2/c1-8(13-9(2)19-22-10(13)3)17-12-5-11(6-21-4)18-14-15-7-16-20(12)14/h5,7-8,17H,6H2,1-4H3. The largest absolute Gasteiger partial charge is 0.378 e. The van der Waals surface area contributed by atoms with Gasteiger partial charge in [0.2, 0.25) is 0 Å². The van der Waals surface area contributed by atoms with Gasteiger partial charge in [-0.15, -0.1) is 0 Å². The van der Waals surface area contributed by atoms with E-state index in [1.165, 1.54) is 6.33 Å². The Morgan fingerprint density at radius 1 is 1.41 bits per heavy atom. The summed E-state index contributed by atoms with van der Waals surface area (Å²) in [6.45, 7) is 6.29. The first kappa shape index (κ1) is 14.5. The van der Waals surface area contributed by atoms with Crippen LogP contribution in [0.4, 0.5) is 5.82 Å². The third-order valence-corrected chi connectivity index (χ3v) is 3.48. The SMILES string of the molecule is COCc1cc(NC(C)c2c(C)noc2C)n2ncnc2n1. The van der Waals surface area contributed by atoms with Crippen LogP contribution in [-0.2, 0) is 11.3 Å². The van der Waals surface area contributed by atoms with E-state index in [1.54, 1.807) is 11.6 Å². The van der Waals surface area contributed by atoms with Gasteiger partial charge in [0.15, 0.2) is 0 Å². The average molecular weight is 302 g/mol. The van der Waals surface area contributed by atoms with E-state index in [0.29, 0.717) is 12.4 Å². The number of methoxy groups -OCH3 is 1. The van der Waals surface area contributed by atoms with Crippen LogP contribution in [0.25, 0.3) is 5.78 Å². The Morgan fingerprint density at radius 2 is 2.23 bits per heavy atom. The first-order valence-corrected chi connectivity index (χ1v) is 6.98. The quantitative estimate of drug-likeness (QED) is 0.771. The lowest BCUT2D eigenvalue weighted by Gasteiger charge is -2.16. The lowest BCUT2D eigenvalue weighted by Crippen LogP contribution is -2.13. The van der Waals surface area contributed by atoms with Crippen molar-refractivity contribution in [2.75, 3.05) is 12.4 Å². The van der Waals surface area contributed by atoms with E-state index in [-0.39, 0.29) is 6.04 Å². The predicted octanol–water partition coefficient (Wildman–Crippen LogP) is 2.05. The molecule has 0 spiro atoms. The number of aryl methyl sites for hydroxylation is 2. The van der Waals surface area contributed by atoms with E-state index >= 15 is 0 Å². The molecule has 22 heavy (non-hydrogen) atoms. The fourth-order valence-electron chi connectivity index (χ4n) is 2.59. The maximum absolute atomic E-state index is 5.23. The van der Waals surface area contributed by atoms with E-state index < -0.39 is 0 Å². The van der Waals surface area contributed by atoms with Gasteiger partial charge < -0.3 is 14.6 Å². The number of ether oxygens (including phenoxy) is 1. The third-order valence-electron chi connectivity index (χ3n) is 3.48. The van der Waals surface area contributed by atoms with Crippen LogP contribution < -0.4 is 5.32 Å². The Morgan fingerprint density at radius 3 is 2.91 bits per heavy atom. The van der Waals surface area contributed by atoms with Crippen LogP contribution in [0.1, 0.15) is 35.7 Å². The maximum atomic E-state index is 5.23. The minimum atomic E-state index is 0.0106. The van der Waals surface area contributed by atoms with Crippen LogP contribution in [-0.4, -0.2) is 31.8 Å². The van der Waals surface area contributed by atoms with Crippen LogP contribution in [0.15, 0.2) is 16.9 Å². The molecule has 8 heteroatoms. The topological polar surface area (TPSA) is 90.4 Å². The van der Waals surface area contributed by atoms with Crippen molar-refractivity contribution in [2.45, 2.75) is 33.4 Å². The lowest BCUT2D eigenvalue weighted by molar-refractivity contribution is 0.181. The minimum absolute atomic E-state index is 0.0106. The fourth-order valence-corrected chi connectivity index (χ4v) is 2.59. The van der Waals surface area contributed by atoms with Crippen molar-refractivity contribution >= 4 is 11.6 Å². The summed E-state index contributed by atoms with van der Waals surface area (Å²) in [5.74, 6) is 2.13. The van der Waals surface area contributed by atoms with E-state index in [1.807, 2.05) is 26.8 Å². The van der Waals surface area contributed by atoms with Gasteiger partial charge in [-0.2, -0.15) is 14.6 Å². The molecule has 0 saturated carbocycles. The zero-order chi connectivity index (χ0) is 15.7. The zero-order valence-electron chi connectivity index (χ0n) is 13.0. The molecule has 3 aromatic rings. The number of nitrogens with one attached hydrogen (secondary N) is 1. The monoisotopic (exact) mass is 302 g/mol. The van der Waals surface area contributed by atoms with Crippen molar-refractivity contribution in [3.8, 4) is 0 Å². The van der Waals surface area contributed by atoms with Crippen LogP contribution in [0, 0.1) is 13.8 Å². The zero-order valence-corrected chi connectivity index (χ0v) is 13.0. The summed E-state index contributed by atoms with van der Waals surface area (Å²) in [6, 6.07) is 1.91. The molecule has 3 rings (SSSR count). The Balaban J connectivity index is 1.97. The molecule has 1 N–H and O–H groups in total. The van der Waals surface area contributed by atoms with Gasteiger partial charge in [-0.1, -0.05) is 5.16 Å². The molecule has 0 saturated heterocycles. The Hall–Kier alpha value is -2.48. The molecule has 3 heterocycles. The predicted molar refractivity (Wildman–Crippen MR) is 79.5 cm³/mol. The van der Waals surface area contributed by atoms with Crippen molar-refractivity contribution in [3.63, 3.8) is 0 Å². The Labute approximate surface area is 127 Å². The van der Waals surface area contributed by atoms with Crippen molar-refractivity contribution < 1.29 is 9.26 Å². The Bertz CT molecular complexity index is 774. The van der Waals surface area contributed by atoms with E-state index in [4.69, 9.17) is 9.26 Å². The van der Waals surface area contributed by atoms with Crippen molar-refractivity contribution in [3.05, 3.63) is 35.1 Å². The molecule has 3 aromatic heterocycles. The third kappa shape index (κ3) is 2.52. The molecule has 0 aliphatic heterocycles. The summed E-state index contributed by atoms with van der Waals surface area (Å²) >= 11 is 0. The molecule has 0 fully saturated rings. The van der Waals surface area contributed by atoms with Gasteiger partial charge in [0, 0.05) is 18.7 Å². The first-order valence-electron chi connectivity index (χ1n) is 6.98. The minimum Gasteiger partial charge on any atom is -0.378 e. The van der Waals surface area contributed by atoms with Gasteiger partial charge in [0.1, 0.15) is 17.9 Å². The molecule has 8 nitrogen and oxygen atoms in total. The van der Waals surface area contributed by atoms with Crippen molar-refractivity contribution in [2.24, 2.45) is 0 Å². The summed E-state index contributed by atoms with van der Waals surface area (Å²) in [4.78, 5) is 8.53. The summed E-state index contributed by atoms with van der Waals surface area (Å²) < 4.78 is 12.0. The highest BCUT2D eigenvalue weighted by Crippen LogP contribution is 2.25. The highest BCUT2D eigenvalue weighted by molar-refractivity contribution is 5.47. The maximum Gasteiger partial charge on any atom is 0.254 e. The summed E-state index contributed by atoms with van der Waals surface area (Å²) in [6.07, 6.45) is 1.48. The molecular weight excluding hydrogens is 284 g/mol. The smallest absolute Gasteiger partial charge is 0.254 e. The molecule has 0 aromatic carbocycles. The molecule has 0 bridgehead atoms. The van der Waals surface area contributed by atoms with Gasteiger partial charge in [-0.3, -0.25) is 0 Å². The molecule has 0 aliphatic rings. The summed E-state index contributed by atoms with van der Waals surface area (Å²) in [5.41, 5.74) is 2.70. The van der Waals surface area contributed by atoms with Crippen molar-refractivity contribution in [1.29, 1.82) is 0 Å². The van der Waals surface area contributed by atoms with Crippen molar-refractivity contribution in [1.82, 2.24) is 24.7 Å². The number of anilines is 1. The second-order valence-electron chi connectivity index (χ2n) is 5.14. The molecule has 0 radical (unpaired) electrons. The van der Waals surface area contributed by atoms with Crippen LogP contribution in [0.3, 0.4) is 0 Å². The molecule has 116 valence electrons. The van der Waals surface area contributed by atoms with Gasteiger partial charge >= 0.3 is 0 Å². The number of nitrogens with zero attached hydrogens (tertiary/aromatic N) is 5. The lowest BCUT2D eigenvalue weighted by atomic mass is 10.1. The second-order valence-corrected chi connectivity index (χ2v) is 5.14. The Kier molecular flexibility index (Phi) is 3.76. The fraction of sp³-hybridized carbons (Fsp3) is 0.429. The molecule has 1 unspecified atom stereocenters. The van der Waals surface area contributed by atoms with Gasteiger partial charge in [-0.05, 0) is 20.8 Å². The molecular formula is C14H18N6O2. The number of aromatic nitrogens is 5. The van der Waals surface area contributed by atoms with Crippen LogP contribution in [0.5, 0.6) is 0 Å². The van der Waals surface area contributed by atoms with E-state index in [9.17, 15) is 0 Å². The normalized spacial score (nSPS) is 12.7. The molecule has 1 atom stereocenters. The first-order chi connectivity index (χ1) is 10.6. The average Bonchev–Trinajstić information content (AvgIpc) is 3.06. The highest BCUT2D eigenvalue weighted by Gasteiger charge is 2.18. The number of hydrogen-bond donors (Lipinski definition) is 1.